The van der Waals surface area contributed by atoms with Gasteiger partial charge in [-0.1, -0.05) is 0 Å². The van der Waals surface area contributed by atoms with Crippen molar-refractivity contribution in [2.45, 2.75) is 31.0 Å². The van der Waals surface area contributed by atoms with E-state index in [2.05, 4.69) is 9.83 Å². The Hall–Kier alpha value is 0.580. The standard InChI is InChI=1S/C9H16FINO/c1-11-13-7-9-3-2-4-12(9)6-8(10)5-9/h8H,2-7H2,1H3/q-1. The van der Waals surface area contributed by atoms with E-state index in [9.17, 15) is 4.39 Å². The molecule has 2 unspecified atom stereocenters. The van der Waals surface area contributed by atoms with Gasteiger partial charge in [-0.2, -0.15) is 0 Å². The van der Waals surface area contributed by atoms with E-state index in [-0.39, 0.29) is 27.2 Å². The first kappa shape index (κ1) is 10.1. The Morgan fingerprint density at radius 2 is 2.54 bits per heavy atom. The zero-order valence-electron chi connectivity index (χ0n) is 7.93. The number of alkyl halides is 2. The molecular formula is C9H16FINO-. The van der Waals surface area contributed by atoms with E-state index in [0.717, 1.165) is 19.6 Å². The van der Waals surface area contributed by atoms with Crippen LogP contribution in [0.2, 0.25) is 0 Å². The number of hydrogen-bond donors (Lipinski definition) is 0. The van der Waals surface area contributed by atoms with Gasteiger partial charge in [0.25, 0.3) is 0 Å². The molecule has 2 saturated heterocycles. The Balaban J connectivity index is 2.00. The third-order valence-electron chi connectivity index (χ3n) is 3.19. The van der Waals surface area contributed by atoms with Crippen LogP contribution < -0.4 is 21.6 Å². The fraction of sp³-hybridized carbons (Fsp3) is 1.00. The molecule has 4 heteroatoms. The molecule has 0 bridgehead atoms. The third-order valence-corrected chi connectivity index (χ3v) is 4.13. The first-order valence-corrected chi connectivity index (χ1v) is 7.81. The summed E-state index contributed by atoms with van der Waals surface area (Å²) >= 11 is -0.104. The molecule has 0 aromatic carbocycles. The Labute approximate surface area is 89.6 Å². The predicted octanol–water partition coefficient (Wildman–Crippen LogP) is -1.79. The minimum absolute atomic E-state index is 0.0924. The molecule has 0 radical (unpaired) electrons. The van der Waals surface area contributed by atoms with Crippen molar-refractivity contribution < 1.29 is 29.1 Å². The quantitative estimate of drug-likeness (QED) is 0.451. The van der Waals surface area contributed by atoms with Gasteiger partial charge in [-0.3, -0.25) is 0 Å². The van der Waals surface area contributed by atoms with Crippen LogP contribution in [0.15, 0.2) is 0 Å². The van der Waals surface area contributed by atoms with Gasteiger partial charge in [0.05, 0.1) is 0 Å². The van der Waals surface area contributed by atoms with Gasteiger partial charge in [-0.05, 0) is 0 Å². The number of nitrogens with zero attached hydrogens (tertiary/aromatic N) is 1. The molecule has 0 N–H and O–H groups in total. The van der Waals surface area contributed by atoms with Crippen LogP contribution in [0.4, 0.5) is 4.39 Å². The molecule has 78 valence electrons. The predicted molar refractivity (Wildman–Crippen MR) is 44.9 cm³/mol. The van der Waals surface area contributed by atoms with Gasteiger partial charge in [0.2, 0.25) is 0 Å². The molecule has 0 saturated carbocycles. The molecule has 0 aromatic rings. The van der Waals surface area contributed by atoms with Gasteiger partial charge in [0.15, 0.2) is 0 Å². The summed E-state index contributed by atoms with van der Waals surface area (Å²) in [6, 6.07) is 0. The van der Waals surface area contributed by atoms with Crippen LogP contribution in [0.1, 0.15) is 19.3 Å². The summed E-state index contributed by atoms with van der Waals surface area (Å²) in [4.78, 5) is 4.41. The van der Waals surface area contributed by atoms with Crippen LogP contribution in [-0.4, -0.2) is 41.2 Å². The molecule has 13 heavy (non-hydrogen) atoms. The van der Waals surface area contributed by atoms with Gasteiger partial charge < -0.3 is 0 Å². The summed E-state index contributed by atoms with van der Waals surface area (Å²) in [5.74, 6) is 0. The SMILES string of the molecule is C[I-]OCC12CCCN1CC(F)C2. The van der Waals surface area contributed by atoms with Crippen LogP contribution in [-0.2, 0) is 3.07 Å². The molecule has 2 aliphatic heterocycles. The first-order valence-electron chi connectivity index (χ1n) is 4.77. The summed E-state index contributed by atoms with van der Waals surface area (Å²) in [6.07, 6.45) is 2.45. The van der Waals surface area contributed by atoms with Crippen molar-refractivity contribution in [3.63, 3.8) is 0 Å². The zero-order valence-corrected chi connectivity index (χ0v) is 10.1. The topological polar surface area (TPSA) is 12.5 Å². The summed E-state index contributed by atoms with van der Waals surface area (Å²) in [5.41, 5.74) is 0.0924. The molecule has 2 atom stereocenters. The number of hydrogen-bond acceptors (Lipinski definition) is 2. The van der Waals surface area contributed by atoms with Crippen molar-refractivity contribution in [3.8, 4) is 0 Å². The van der Waals surface area contributed by atoms with Crippen LogP contribution in [0.25, 0.3) is 0 Å². The molecule has 0 aliphatic carbocycles. The van der Waals surface area contributed by atoms with E-state index in [1.165, 1.54) is 6.42 Å². The number of halogens is 2. The molecule has 2 heterocycles. The molecule has 2 fully saturated rings. The molecule has 2 nitrogen and oxygen atoms in total. The van der Waals surface area contributed by atoms with Gasteiger partial charge in [-0.25, -0.2) is 0 Å². The molecule has 0 amide bonds. The van der Waals surface area contributed by atoms with Crippen molar-refractivity contribution >= 4 is 0 Å². The van der Waals surface area contributed by atoms with E-state index in [1.54, 1.807) is 0 Å². The average molecular weight is 300 g/mol. The van der Waals surface area contributed by atoms with Crippen molar-refractivity contribution in [1.82, 2.24) is 4.90 Å². The molecule has 2 rings (SSSR count). The zero-order chi connectivity index (χ0) is 9.31. The maximum atomic E-state index is 13.2. The first-order chi connectivity index (χ1) is 6.27. The number of fused-ring (bicyclic) bond motifs is 1. The van der Waals surface area contributed by atoms with Crippen LogP contribution >= 0.6 is 0 Å². The second-order valence-electron chi connectivity index (χ2n) is 3.98. The second kappa shape index (κ2) is 3.98. The Morgan fingerprint density at radius 3 is 3.31 bits per heavy atom. The molecule has 2 aliphatic rings. The Bertz CT molecular complexity index is 192. The molecular weight excluding hydrogens is 284 g/mol. The van der Waals surface area contributed by atoms with Crippen molar-refractivity contribution in [2.24, 2.45) is 0 Å². The van der Waals surface area contributed by atoms with Gasteiger partial charge in [0.1, 0.15) is 0 Å². The Morgan fingerprint density at radius 1 is 1.69 bits per heavy atom. The average Bonchev–Trinajstić information content (AvgIpc) is 2.57. The van der Waals surface area contributed by atoms with Gasteiger partial charge in [0, 0.05) is 0 Å². The monoisotopic (exact) mass is 300 g/mol. The summed E-state index contributed by atoms with van der Waals surface area (Å²) in [7, 11) is 0. The normalized spacial score (nSPS) is 40.0. The third kappa shape index (κ3) is 1.85. The van der Waals surface area contributed by atoms with Crippen molar-refractivity contribution in [3.05, 3.63) is 0 Å². The van der Waals surface area contributed by atoms with Gasteiger partial charge in [-0.15, -0.1) is 0 Å². The maximum absolute atomic E-state index is 13.2. The van der Waals surface area contributed by atoms with Crippen molar-refractivity contribution in [1.29, 1.82) is 0 Å². The van der Waals surface area contributed by atoms with E-state index >= 15 is 0 Å². The van der Waals surface area contributed by atoms with Crippen LogP contribution in [0.5, 0.6) is 0 Å². The van der Waals surface area contributed by atoms with E-state index in [1.807, 2.05) is 0 Å². The van der Waals surface area contributed by atoms with Gasteiger partial charge >= 0.3 is 89.6 Å². The van der Waals surface area contributed by atoms with E-state index < -0.39 is 6.17 Å². The fourth-order valence-corrected chi connectivity index (χ4v) is 3.50. The summed E-state index contributed by atoms with van der Waals surface area (Å²) in [5, 5.41) is 0. The van der Waals surface area contributed by atoms with Crippen LogP contribution in [0.3, 0.4) is 0 Å². The molecule has 0 spiro atoms. The molecule has 0 aromatic heterocycles. The minimum atomic E-state index is -0.612. The summed E-state index contributed by atoms with van der Waals surface area (Å²) in [6.45, 7) is 2.49. The van der Waals surface area contributed by atoms with E-state index in [4.69, 9.17) is 3.07 Å². The summed E-state index contributed by atoms with van der Waals surface area (Å²) < 4.78 is 18.8. The number of rotatable bonds is 3. The second-order valence-corrected chi connectivity index (χ2v) is 5.49. The van der Waals surface area contributed by atoms with Crippen molar-refractivity contribution in [2.75, 3.05) is 24.6 Å². The van der Waals surface area contributed by atoms with E-state index in [0.29, 0.717) is 13.0 Å². The Kier molecular flexibility index (Phi) is 3.10. The fourth-order valence-electron chi connectivity index (χ4n) is 2.60. The van der Waals surface area contributed by atoms with Crippen LogP contribution in [0, 0.1) is 0 Å².